The van der Waals surface area contributed by atoms with Crippen LogP contribution in [-0.4, -0.2) is 49.8 Å². The summed E-state index contributed by atoms with van der Waals surface area (Å²) in [4.78, 5) is 36.9. The lowest BCUT2D eigenvalue weighted by atomic mass is 10.0. The van der Waals surface area contributed by atoms with Crippen molar-refractivity contribution in [3.8, 4) is 0 Å². The van der Waals surface area contributed by atoms with E-state index in [4.69, 9.17) is 0 Å². The maximum atomic E-state index is 12.4. The summed E-state index contributed by atoms with van der Waals surface area (Å²) in [6.45, 7) is 2.78. The van der Waals surface area contributed by atoms with Gasteiger partial charge in [-0.3, -0.25) is 19.9 Å². The zero-order valence-electron chi connectivity index (χ0n) is 13.8. The topological polar surface area (TPSA) is 114 Å². The molecule has 0 unspecified atom stereocenters. The van der Waals surface area contributed by atoms with Gasteiger partial charge in [-0.25, -0.2) is 9.97 Å². The Morgan fingerprint density at radius 3 is 2.68 bits per heavy atom. The summed E-state index contributed by atoms with van der Waals surface area (Å²) in [5, 5.41) is 14.4. The van der Waals surface area contributed by atoms with Crippen LogP contribution in [0, 0.1) is 17.0 Å². The number of carbonyl (C=O) groups is 1. The Morgan fingerprint density at radius 2 is 2.04 bits per heavy atom. The van der Waals surface area contributed by atoms with Gasteiger partial charge in [0.2, 0.25) is 5.82 Å². The summed E-state index contributed by atoms with van der Waals surface area (Å²) in [6, 6.07) is 1.64. The molecule has 1 fully saturated rings. The minimum absolute atomic E-state index is 0.000524. The summed E-state index contributed by atoms with van der Waals surface area (Å²) < 4.78 is 0. The van der Waals surface area contributed by atoms with Gasteiger partial charge in [0.1, 0.15) is 5.69 Å². The SMILES string of the molecule is Cc1ccnc(NC2CCN(C(=O)c3cnccn3)CC2)c1[N+](=O)[O-]. The molecule has 0 bridgehead atoms. The predicted octanol–water partition coefficient (Wildman–Crippen LogP) is 1.80. The van der Waals surface area contributed by atoms with Gasteiger partial charge in [-0.2, -0.15) is 0 Å². The highest BCUT2D eigenvalue weighted by atomic mass is 16.6. The van der Waals surface area contributed by atoms with E-state index in [0.29, 0.717) is 37.2 Å². The first kappa shape index (κ1) is 16.7. The van der Waals surface area contributed by atoms with Crippen molar-refractivity contribution in [2.24, 2.45) is 0 Å². The van der Waals surface area contributed by atoms with Crippen LogP contribution in [-0.2, 0) is 0 Å². The van der Waals surface area contributed by atoms with Gasteiger partial charge >= 0.3 is 5.69 Å². The van der Waals surface area contributed by atoms with Crippen LogP contribution in [0.5, 0.6) is 0 Å². The van der Waals surface area contributed by atoms with Crippen LogP contribution in [0.4, 0.5) is 11.5 Å². The highest BCUT2D eigenvalue weighted by Gasteiger charge is 2.27. The Balaban J connectivity index is 1.63. The average Bonchev–Trinajstić information content (AvgIpc) is 2.62. The molecule has 130 valence electrons. The number of pyridine rings is 1. The van der Waals surface area contributed by atoms with Crippen molar-refractivity contribution in [1.82, 2.24) is 19.9 Å². The van der Waals surface area contributed by atoms with E-state index < -0.39 is 4.92 Å². The first-order chi connectivity index (χ1) is 12.1. The van der Waals surface area contributed by atoms with Gasteiger partial charge in [0, 0.05) is 43.3 Å². The number of carbonyl (C=O) groups excluding carboxylic acids is 1. The number of rotatable bonds is 4. The quantitative estimate of drug-likeness (QED) is 0.665. The average molecular weight is 342 g/mol. The van der Waals surface area contributed by atoms with Crippen molar-refractivity contribution >= 4 is 17.4 Å². The largest absolute Gasteiger partial charge is 0.361 e. The fourth-order valence-corrected chi connectivity index (χ4v) is 2.88. The highest BCUT2D eigenvalue weighted by Crippen LogP contribution is 2.27. The van der Waals surface area contributed by atoms with Crippen LogP contribution < -0.4 is 5.32 Å². The van der Waals surface area contributed by atoms with Crippen LogP contribution in [0.25, 0.3) is 0 Å². The first-order valence-corrected chi connectivity index (χ1v) is 7.98. The number of aromatic nitrogens is 3. The second-order valence-electron chi connectivity index (χ2n) is 5.88. The zero-order chi connectivity index (χ0) is 17.8. The van der Waals surface area contributed by atoms with E-state index in [9.17, 15) is 14.9 Å². The van der Waals surface area contributed by atoms with E-state index in [-0.39, 0.29) is 23.5 Å². The number of hydrogen-bond acceptors (Lipinski definition) is 7. The molecule has 3 rings (SSSR count). The van der Waals surface area contributed by atoms with Crippen molar-refractivity contribution in [1.29, 1.82) is 0 Å². The lowest BCUT2D eigenvalue weighted by Gasteiger charge is -2.32. The Hall–Kier alpha value is -3.10. The molecule has 0 spiro atoms. The molecule has 3 heterocycles. The summed E-state index contributed by atoms with van der Waals surface area (Å²) in [5.41, 5.74) is 0.892. The van der Waals surface area contributed by atoms with Crippen LogP contribution >= 0.6 is 0 Å². The maximum Gasteiger partial charge on any atom is 0.314 e. The number of amides is 1. The third-order valence-electron chi connectivity index (χ3n) is 4.21. The van der Waals surface area contributed by atoms with Crippen LogP contribution in [0.1, 0.15) is 28.9 Å². The van der Waals surface area contributed by atoms with E-state index in [2.05, 4.69) is 20.3 Å². The van der Waals surface area contributed by atoms with E-state index in [1.807, 2.05) is 0 Å². The van der Waals surface area contributed by atoms with Gasteiger partial charge < -0.3 is 10.2 Å². The molecule has 0 aromatic carbocycles. The molecule has 1 saturated heterocycles. The second-order valence-corrected chi connectivity index (χ2v) is 5.88. The van der Waals surface area contributed by atoms with E-state index in [1.165, 1.54) is 18.6 Å². The standard InChI is InChI=1S/C16H18N6O3/c1-11-2-5-19-15(14(11)22(24)25)20-12-3-8-21(9-4-12)16(23)13-10-17-6-7-18-13/h2,5-7,10,12H,3-4,8-9H2,1H3,(H,19,20). The molecule has 9 nitrogen and oxygen atoms in total. The molecule has 0 aliphatic carbocycles. The van der Waals surface area contributed by atoms with Crippen LogP contribution in [0.2, 0.25) is 0 Å². The number of piperidine rings is 1. The Labute approximate surface area is 144 Å². The van der Waals surface area contributed by atoms with Crippen LogP contribution in [0.3, 0.4) is 0 Å². The minimum Gasteiger partial charge on any atom is -0.361 e. The molecule has 1 N–H and O–H groups in total. The monoisotopic (exact) mass is 342 g/mol. The molecule has 0 atom stereocenters. The molecule has 1 aliphatic heterocycles. The molecule has 25 heavy (non-hydrogen) atoms. The van der Waals surface area contributed by atoms with Gasteiger partial charge in [-0.1, -0.05) is 0 Å². The van der Waals surface area contributed by atoms with Crippen molar-refractivity contribution in [2.45, 2.75) is 25.8 Å². The number of likely N-dealkylation sites (tertiary alicyclic amines) is 1. The van der Waals surface area contributed by atoms with E-state index in [0.717, 1.165) is 0 Å². The molecule has 0 saturated carbocycles. The number of anilines is 1. The maximum absolute atomic E-state index is 12.4. The van der Waals surface area contributed by atoms with E-state index in [1.54, 1.807) is 24.1 Å². The van der Waals surface area contributed by atoms with Gasteiger partial charge in [-0.15, -0.1) is 0 Å². The summed E-state index contributed by atoms with van der Waals surface area (Å²) >= 11 is 0. The Bertz CT molecular complexity index is 775. The summed E-state index contributed by atoms with van der Waals surface area (Å²) in [6.07, 6.45) is 7.38. The molecule has 1 aliphatic rings. The predicted molar refractivity (Wildman–Crippen MR) is 90.2 cm³/mol. The number of nitro groups is 1. The lowest BCUT2D eigenvalue weighted by molar-refractivity contribution is -0.384. The molecular weight excluding hydrogens is 324 g/mol. The minimum atomic E-state index is -0.419. The number of nitrogens with zero attached hydrogens (tertiary/aromatic N) is 5. The van der Waals surface area contributed by atoms with Gasteiger partial charge in [0.25, 0.3) is 5.91 Å². The second kappa shape index (κ2) is 7.20. The summed E-state index contributed by atoms with van der Waals surface area (Å²) in [5.74, 6) is 0.134. The van der Waals surface area contributed by atoms with E-state index >= 15 is 0 Å². The molecule has 2 aromatic heterocycles. The molecular formula is C16H18N6O3. The number of hydrogen-bond donors (Lipinski definition) is 1. The lowest BCUT2D eigenvalue weighted by Crippen LogP contribution is -2.42. The van der Waals surface area contributed by atoms with Gasteiger partial charge in [0.15, 0.2) is 0 Å². The fourth-order valence-electron chi connectivity index (χ4n) is 2.88. The zero-order valence-corrected chi connectivity index (χ0v) is 13.8. The molecule has 1 amide bonds. The molecule has 0 radical (unpaired) electrons. The first-order valence-electron chi connectivity index (χ1n) is 7.98. The van der Waals surface area contributed by atoms with Crippen molar-refractivity contribution in [3.05, 3.63) is 52.2 Å². The molecule has 2 aromatic rings. The summed E-state index contributed by atoms with van der Waals surface area (Å²) in [7, 11) is 0. The third-order valence-corrected chi connectivity index (χ3v) is 4.21. The Morgan fingerprint density at radius 1 is 1.28 bits per heavy atom. The number of nitrogens with one attached hydrogen (secondary N) is 1. The van der Waals surface area contributed by atoms with Crippen molar-refractivity contribution < 1.29 is 9.72 Å². The van der Waals surface area contributed by atoms with Crippen molar-refractivity contribution in [2.75, 3.05) is 18.4 Å². The number of aryl methyl sites for hydroxylation is 1. The van der Waals surface area contributed by atoms with Gasteiger partial charge in [-0.05, 0) is 25.8 Å². The third kappa shape index (κ3) is 3.70. The normalized spacial score (nSPS) is 15.0. The fraction of sp³-hybridized carbons (Fsp3) is 0.375. The molecule has 9 heteroatoms. The smallest absolute Gasteiger partial charge is 0.314 e. The van der Waals surface area contributed by atoms with Gasteiger partial charge in [0.05, 0.1) is 11.1 Å². The highest BCUT2D eigenvalue weighted by molar-refractivity contribution is 5.92. The van der Waals surface area contributed by atoms with Crippen LogP contribution in [0.15, 0.2) is 30.9 Å². The van der Waals surface area contributed by atoms with Crippen molar-refractivity contribution in [3.63, 3.8) is 0 Å². The Kier molecular flexibility index (Phi) is 4.82.